The van der Waals surface area contributed by atoms with Crippen LogP contribution in [-0.4, -0.2) is 25.6 Å². The highest BCUT2D eigenvalue weighted by Crippen LogP contribution is 2.22. The van der Waals surface area contributed by atoms with E-state index in [-0.39, 0.29) is 18.1 Å². The predicted octanol–water partition coefficient (Wildman–Crippen LogP) is 3.25. The number of hydrogen-bond donors (Lipinski definition) is 1. The standard InChI is InChI=1S/C16H14BrNO4/c1-21-16(20)13-9-11(17)7-8-14(13)18-15(19)10-22-12-5-3-2-4-6-12/h2-9H,10H2,1H3,(H,18,19). The highest BCUT2D eigenvalue weighted by atomic mass is 79.9. The number of halogens is 1. The minimum atomic E-state index is -0.527. The van der Waals surface area contributed by atoms with Crippen molar-refractivity contribution in [2.75, 3.05) is 19.0 Å². The summed E-state index contributed by atoms with van der Waals surface area (Å²) in [5.41, 5.74) is 0.640. The molecule has 1 amide bonds. The van der Waals surface area contributed by atoms with Gasteiger partial charge in [-0.3, -0.25) is 4.79 Å². The molecule has 0 aliphatic heterocycles. The van der Waals surface area contributed by atoms with E-state index in [4.69, 9.17) is 9.47 Å². The third kappa shape index (κ3) is 4.33. The quantitative estimate of drug-likeness (QED) is 0.828. The largest absolute Gasteiger partial charge is 0.484 e. The highest BCUT2D eigenvalue weighted by Gasteiger charge is 2.14. The van der Waals surface area contributed by atoms with Crippen molar-refractivity contribution < 1.29 is 19.1 Å². The number of methoxy groups -OCH3 is 1. The summed E-state index contributed by atoms with van der Waals surface area (Å²) in [5, 5.41) is 2.64. The van der Waals surface area contributed by atoms with Crippen molar-refractivity contribution in [2.45, 2.75) is 0 Å². The molecule has 0 fully saturated rings. The second kappa shape index (κ2) is 7.61. The number of ether oxygens (including phenoxy) is 2. The van der Waals surface area contributed by atoms with E-state index in [2.05, 4.69) is 21.2 Å². The third-order valence-corrected chi connectivity index (χ3v) is 3.27. The molecule has 0 aromatic heterocycles. The van der Waals surface area contributed by atoms with Crippen molar-refractivity contribution in [1.29, 1.82) is 0 Å². The van der Waals surface area contributed by atoms with Crippen molar-refractivity contribution >= 4 is 33.5 Å². The zero-order valence-corrected chi connectivity index (χ0v) is 13.4. The number of nitrogens with one attached hydrogen (secondary N) is 1. The number of carbonyl (C=O) groups is 2. The Morgan fingerprint density at radius 1 is 1.14 bits per heavy atom. The van der Waals surface area contributed by atoms with E-state index in [1.165, 1.54) is 7.11 Å². The minimum absolute atomic E-state index is 0.152. The Labute approximate surface area is 136 Å². The van der Waals surface area contributed by atoms with Gasteiger partial charge in [0.25, 0.3) is 5.91 Å². The number of esters is 1. The summed E-state index contributed by atoms with van der Waals surface area (Å²) < 4.78 is 10.8. The lowest BCUT2D eigenvalue weighted by Gasteiger charge is -2.11. The van der Waals surface area contributed by atoms with Gasteiger partial charge >= 0.3 is 5.97 Å². The van der Waals surface area contributed by atoms with E-state index in [1.54, 1.807) is 30.3 Å². The van der Waals surface area contributed by atoms with Gasteiger partial charge in [0.2, 0.25) is 0 Å². The summed E-state index contributed by atoms with van der Waals surface area (Å²) in [6, 6.07) is 13.9. The minimum Gasteiger partial charge on any atom is -0.484 e. The van der Waals surface area contributed by atoms with Crippen LogP contribution in [0.2, 0.25) is 0 Å². The van der Waals surface area contributed by atoms with Crippen molar-refractivity contribution in [3.05, 3.63) is 58.6 Å². The second-order valence-corrected chi connectivity index (χ2v) is 5.25. The first-order valence-electron chi connectivity index (χ1n) is 6.45. The molecule has 5 nitrogen and oxygen atoms in total. The summed E-state index contributed by atoms with van der Waals surface area (Å²) in [6.45, 7) is -0.152. The van der Waals surface area contributed by atoms with Crippen LogP contribution in [0.1, 0.15) is 10.4 Å². The number of benzene rings is 2. The Morgan fingerprint density at radius 3 is 2.55 bits per heavy atom. The Hall–Kier alpha value is -2.34. The molecule has 0 aliphatic rings. The van der Waals surface area contributed by atoms with Crippen molar-refractivity contribution in [1.82, 2.24) is 0 Å². The second-order valence-electron chi connectivity index (χ2n) is 4.33. The third-order valence-electron chi connectivity index (χ3n) is 2.77. The van der Waals surface area contributed by atoms with E-state index in [1.807, 2.05) is 18.2 Å². The Balaban J connectivity index is 2.03. The molecule has 0 spiro atoms. The van der Waals surface area contributed by atoms with E-state index in [9.17, 15) is 9.59 Å². The molecule has 114 valence electrons. The van der Waals surface area contributed by atoms with Gasteiger partial charge in [-0.25, -0.2) is 4.79 Å². The van der Waals surface area contributed by atoms with E-state index in [0.29, 0.717) is 15.9 Å². The topological polar surface area (TPSA) is 64.6 Å². The van der Waals surface area contributed by atoms with E-state index < -0.39 is 5.97 Å². The lowest BCUT2D eigenvalue weighted by molar-refractivity contribution is -0.118. The van der Waals surface area contributed by atoms with Crippen molar-refractivity contribution in [3.8, 4) is 5.75 Å². The summed E-state index contributed by atoms with van der Waals surface area (Å²) >= 11 is 3.28. The average Bonchev–Trinajstić information content (AvgIpc) is 2.55. The number of amides is 1. The molecule has 0 bridgehead atoms. The zero-order chi connectivity index (χ0) is 15.9. The summed E-state index contributed by atoms with van der Waals surface area (Å²) in [7, 11) is 1.29. The Kier molecular flexibility index (Phi) is 5.55. The van der Waals surface area contributed by atoms with Crippen molar-refractivity contribution in [2.24, 2.45) is 0 Å². The fraction of sp³-hybridized carbons (Fsp3) is 0.125. The fourth-order valence-electron chi connectivity index (χ4n) is 1.76. The maximum atomic E-state index is 11.9. The molecule has 0 aliphatic carbocycles. The molecule has 0 unspecified atom stereocenters. The molecule has 6 heteroatoms. The van der Waals surface area contributed by atoms with Gasteiger partial charge in [-0.2, -0.15) is 0 Å². The molecule has 0 saturated heterocycles. The number of para-hydroxylation sites is 1. The fourth-order valence-corrected chi connectivity index (χ4v) is 2.12. The summed E-state index contributed by atoms with van der Waals surface area (Å²) in [5.74, 6) is -0.293. The molecule has 2 aromatic carbocycles. The van der Waals surface area contributed by atoms with Crippen molar-refractivity contribution in [3.63, 3.8) is 0 Å². The lowest BCUT2D eigenvalue weighted by Crippen LogP contribution is -2.21. The van der Waals surface area contributed by atoms with E-state index >= 15 is 0 Å². The molecule has 2 aromatic rings. The first kappa shape index (κ1) is 16.0. The summed E-state index contributed by atoms with van der Waals surface area (Å²) in [6.07, 6.45) is 0. The predicted molar refractivity (Wildman–Crippen MR) is 86.0 cm³/mol. The maximum absolute atomic E-state index is 11.9. The normalized spacial score (nSPS) is 9.91. The molecular formula is C16H14BrNO4. The Morgan fingerprint density at radius 2 is 1.86 bits per heavy atom. The van der Waals surface area contributed by atoms with Gasteiger partial charge in [0.05, 0.1) is 18.4 Å². The first-order valence-corrected chi connectivity index (χ1v) is 7.25. The van der Waals surface area contributed by atoms with Gasteiger partial charge in [-0.1, -0.05) is 34.1 Å². The smallest absolute Gasteiger partial charge is 0.340 e. The maximum Gasteiger partial charge on any atom is 0.340 e. The van der Waals surface area contributed by atoms with Crippen LogP contribution in [0.3, 0.4) is 0 Å². The molecule has 0 saturated carbocycles. The van der Waals surface area contributed by atoms with Crippen LogP contribution < -0.4 is 10.1 Å². The molecule has 0 radical (unpaired) electrons. The average molecular weight is 364 g/mol. The molecular weight excluding hydrogens is 350 g/mol. The number of anilines is 1. The molecule has 0 heterocycles. The first-order chi connectivity index (χ1) is 10.6. The van der Waals surface area contributed by atoms with Gasteiger partial charge in [0.15, 0.2) is 6.61 Å². The Bertz CT molecular complexity index is 673. The zero-order valence-electron chi connectivity index (χ0n) is 11.8. The van der Waals surface area contributed by atoms with Crippen LogP contribution >= 0.6 is 15.9 Å². The molecule has 0 atom stereocenters. The lowest BCUT2D eigenvalue weighted by atomic mass is 10.2. The van der Waals surface area contributed by atoms with Crippen LogP contribution in [0.25, 0.3) is 0 Å². The number of hydrogen-bond acceptors (Lipinski definition) is 4. The van der Waals surface area contributed by atoms with Crippen LogP contribution in [0.15, 0.2) is 53.0 Å². The van der Waals surface area contributed by atoms with Crippen LogP contribution in [0.4, 0.5) is 5.69 Å². The molecule has 1 N–H and O–H groups in total. The van der Waals surface area contributed by atoms with Gasteiger partial charge < -0.3 is 14.8 Å². The monoisotopic (exact) mass is 363 g/mol. The van der Waals surface area contributed by atoms with Gasteiger partial charge in [-0.15, -0.1) is 0 Å². The molecule has 2 rings (SSSR count). The van der Waals surface area contributed by atoms with Gasteiger partial charge in [-0.05, 0) is 30.3 Å². The van der Waals surface area contributed by atoms with E-state index in [0.717, 1.165) is 0 Å². The van der Waals surface area contributed by atoms with Gasteiger partial charge in [0.1, 0.15) is 5.75 Å². The number of rotatable bonds is 5. The van der Waals surface area contributed by atoms with Crippen LogP contribution in [-0.2, 0) is 9.53 Å². The highest BCUT2D eigenvalue weighted by molar-refractivity contribution is 9.10. The van der Waals surface area contributed by atoms with Gasteiger partial charge in [0, 0.05) is 4.47 Å². The van der Waals surface area contributed by atoms with Crippen LogP contribution in [0.5, 0.6) is 5.75 Å². The SMILES string of the molecule is COC(=O)c1cc(Br)ccc1NC(=O)COc1ccccc1. The summed E-state index contributed by atoms with van der Waals surface area (Å²) in [4.78, 5) is 23.7. The molecule has 22 heavy (non-hydrogen) atoms. The van der Waals surface area contributed by atoms with Crippen LogP contribution in [0, 0.1) is 0 Å². The number of carbonyl (C=O) groups excluding carboxylic acids is 2.